The van der Waals surface area contributed by atoms with Crippen LogP contribution in [0.1, 0.15) is 63.1 Å². The van der Waals surface area contributed by atoms with E-state index in [2.05, 4.69) is 35.0 Å². The van der Waals surface area contributed by atoms with Crippen LogP contribution in [0.4, 0.5) is 0 Å². The van der Waals surface area contributed by atoms with E-state index in [4.69, 9.17) is 4.52 Å². The third-order valence-corrected chi connectivity index (χ3v) is 4.01. The quantitative estimate of drug-likeness (QED) is 0.781. The van der Waals surface area contributed by atoms with Gasteiger partial charge in [0.05, 0.1) is 0 Å². The lowest BCUT2D eigenvalue weighted by Gasteiger charge is -2.30. The Kier molecular flexibility index (Phi) is 3.69. The summed E-state index contributed by atoms with van der Waals surface area (Å²) in [5.74, 6) is 2.82. The molecule has 3 rings (SSSR count). The van der Waals surface area contributed by atoms with Gasteiger partial charge in [0.25, 0.3) is 0 Å². The van der Waals surface area contributed by atoms with Crippen LogP contribution >= 0.6 is 0 Å². The number of nitrogens with zero attached hydrogens (tertiary/aromatic N) is 3. The van der Waals surface area contributed by atoms with E-state index in [0.717, 1.165) is 24.8 Å². The summed E-state index contributed by atoms with van der Waals surface area (Å²) in [5.41, 5.74) is 1.39. The van der Waals surface area contributed by atoms with Gasteiger partial charge >= 0.3 is 0 Å². The van der Waals surface area contributed by atoms with Crippen molar-refractivity contribution in [3.05, 3.63) is 23.4 Å². The maximum Gasteiger partial charge on any atom is 0.229 e. The van der Waals surface area contributed by atoms with Gasteiger partial charge in [-0.05, 0) is 46.1 Å². The molecule has 4 nitrogen and oxygen atoms in total. The number of piperidine rings is 1. The van der Waals surface area contributed by atoms with Gasteiger partial charge in [0.15, 0.2) is 5.82 Å². The third-order valence-electron chi connectivity index (χ3n) is 4.01. The molecule has 0 unspecified atom stereocenters. The molecule has 1 aliphatic heterocycles. The third kappa shape index (κ3) is 3.24. The van der Waals surface area contributed by atoms with Gasteiger partial charge in [-0.3, -0.25) is 4.90 Å². The minimum Gasteiger partial charge on any atom is -0.339 e. The second-order valence-corrected chi connectivity index (χ2v) is 6.15. The van der Waals surface area contributed by atoms with Crippen molar-refractivity contribution in [1.29, 1.82) is 0 Å². The van der Waals surface area contributed by atoms with Gasteiger partial charge in [0, 0.05) is 24.9 Å². The second kappa shape index (κ2) is 5.45. The Morgan fingerprint density at radius 1 is 1.32 bits per heavy atom. The van der Waals surface area contributed by atoms with Crippen LogP contribution < -0.4 is 0 Å². The van der Waals surface area contributed by atoms with E-state index in [1.54, 1.807) is 0 Å². The molecule has 2 fully saturated rings. The number of aromatic nitrogens is 2. The van der Waals surface area contributed by atoms with Crippen molar-refractivity contribution in [1.82, 2.24) is 15.0 Å². The van der Waals surface area contributed by atoms with Gasteiger partial charge in [0.1, 0.15) is 0 Å². The zero-order valence-electron chi connectivity index (χ0n) is 11.9. The molecular formula is C15H23N3O. The molecular weight excluding hydrogens is 238 g/mol. The zero-order chi connectivity index (χ0) is 13.2. The van der Waals surface area contributed by atoms with E-state index < -0.39 is 0 Å². The summed E-state index contributed by atoms with van der Waals surface area (Å²) in [7, 11) is 0. The molecule has 1 saturated heterocycles. The van der Waals surface area contributed by atoms with Crippen molar-refractivity contribution in [2.75, 3.05) is 19.6 Å². The number of likely N-dealkylation sites (tertiary alicyclic amines) is 1. The lowest BCUT2D eigenvalue weighted by molar-refractivity contribution is 0.220. The summed E-state index contributed by atoms with van der Waals surface area (Å²) >= 11 is 0. The summed E-state index contributed by atoms with van der Waals surface area (Å²) < 4.78 is 5.38. The van der Waals surface area contributed by atoms with E-state index in [0.29, 0.717) is 11.8 Å². The Hall–Kier alpha value is -1.16. The molecule has 2 heterocycles. The molecule has 0 N–H and O–H groups in total. The van der Waals surface area contributed by atoms with E-state index in [1.807, 2.05) is 0 Å². The Morgan fingerprint density at radius 2 is 2.16 bits per heavy atom. The molecule has 0 bridgehead atoms. The second-order valence-electron chi connectivity index (χ2n) is 6.15. The fourth-order valence-corrected chi connectivity index (χ4v) is 2.65. The Labute approximate surface area is 114 Å². The highest BCUT2D eigenvalue weighted by molar-refractivity contribution is 5.06. The minimum absolute atomic E-state index is 0.454. The highest BCUT2D eigenvalue weighted by Gasteiger charge is 2.31. The number of hydrogen-bond donors (Lipinski definition) is 0. The molecule has 1 saturated carbocycles. The number of allylic oxidation sites excluding steroid dienone is 1. The molecule has 1 atom stereocenters. The molecule has 19 heavy (non-hydrogen) atoms. The zero-order valence-corrected chi connectivity index (χ0v) is 11.9. The van der Waals surface area contributed by atoms with Crippen molar-refractivity contribution >= 4 is 0 Å². The topological polar surface area (TPSA) is 42.2 Å². The van der Waals surface area contributed by atoms with Gasteiger partial charge in [-0.25, -0.2) is 0 Å². The van der Waals surface area contributed by atoms with Crippen LogP contribution in [0.3, 0.4) is 0 Å². The molecule has 0 spiro atoms. The van der Waals surface area contributed by atoms with Crippen LogP contribution in [0.5, 0.6) is 0 Å². The van der Waals surface area contributed by atoms with Gasteiger partial charge in [-0.2, -0.15) is 4.98 Å². The van der Waals surface area contributed by atoms with E-state index in [9.17, 15) is 0 Å². The molecule has 4 heteroatoms. The van der Waals surface area contributed by atoms with Crippen molar-refractivity contribution in [3.63, 3.8) is 0 Å². The SMILES string of the molecule is CC(C)=CCN1CCC[C@H](c2noc(C3CC3)n2)C1. The molecule has 0 aromatic carbocycles. The lowest BCUT2D eigenvalue weighted by atomic mass is 9.97. The van der Waals surface area contributed by atoms with E-state index in [-0.39, 0.29) is 0 Å². The fourth-order valence-electron chi connectivity index (χ4n) is 2.65. The monoisotopic (exact) mass is 261 g/mol. The number of hydrogen-bond acceptors (Lipinski definition) is 4. The maximum absolute atomic E-state index is 5.38. The first-order valence-electron chi connectivity index (χ1n) is 7.41. The molecule has 0 amide bonds. The van der Waals surface area contributed by atoms with Crippen LogP contribution in [0.15, 0.2) is 16.2 Å². The normalized spacial score (nSPS) is 24.4. The van der Waals surface area contributed by atoms with Gasteiger partial charge in [0.2, 0.25) is 5.89 Å². The van der Waals surface area contributed by atoms with Gasteiger partial charge in [-0.1, -0.05) is 16.8 Å². The summed E-state index contributed by atoms with van der Waals surface area (Å²) in [4.78, 5) is 7.10. The highest BCUT2D eigenvalue weighted by atomic mass is 16.5. The summed E-state index contributed by atoms with van der Waals surface area (Å²) in [6.07, 6.45) is 7.16. The first-order valence-corrected chi connectivity index (χ1v) is 7.41. The predicted molar refractivity (Wildman–Crippen MR) is 74.1 cm³/mol. The van der Waals surface area contributed by atoms with Crippen LogP contribution in [0.25, 0.3) is 0 Å². The molecule has 0 radical (unpaired) electrons. The average molecular weight is 261 g/mol. The standard InChI is InChI=1S/C15H23N3O/c1-11(2)7-9-18-8-3-4-13(10-18)14-16-15(19-17-14)12-5-6-12/h7,12-13H,3-6,8-10H2,1-2H3/t13-/m0/s1. The summed E-state index contributed by atoms with van der Waals surface area (Å²) in [6, 6.07) is 0. The largest absolute Gasteiger partial charge is 0.339 e. The first kappa shape index (κ1) is 12.9. The fraction of sp³-hybridized carbons (Fsp3) is 0.733. The first-order chi connectivity index (χ1) is 9.22. The maximum atomic E-state index is 5.38. The average Bonchev–Trinajstić information content (AvgIpc) is 3.14. The van der Waals surface area contributed by atoms with Crippen LogP contribution in [0.2, 0.25) is 0 Å². The Balaban J connectivity index is 1.61. The van der Waals surface area contributed by atoms with Gasteiger partial charge in [-0.15, -0.1) is 0 Å². The number of rotatable bonds is 4. The Morgan fingerprint density at radius 3 is 2.89 bits per heavy atom. The Bertz CT molecular complexity index is 458. The highest BCUT2D eigenvalue weighted by Crippen LogP contribution is 2.39. The predicted octanol–water partition coefficient (Wildman–Crippen LogP) is 3.09. The summed E-state index contributed by atoms with van der Waals surface area (Å²) in [6.45, 7) is 7.61. The van der Waals surface area contributed by atoms with Crippen LogP contribution in [0, 0.1) is 0 Å². The van der Waals surface area contributed by atoms with Crippen molar-refractivity contribution < 1.29 is 4.52 Å². The van der Waals surface area contributed by atoms with Crippen molar-refractivity contribution in [2.24, 2.45) is 0 Å². The molecule has 2 aliphatic rings. The van der Waals surface area contributed by atoms with Crippen LogP contribution in [-0.2, 0) is 0 Å². The van der Waals surface area contributed by atoms with E-state index >= 15 is 0 Å². The minimum atomic E-state index is 0.454. The van der Waals surface area contributed by atoms with Gasteiger partial charge < -0.3 is 4.52 Å². The lowest BCUT2D eigenvalue weighted by Crippen LogP contribution is -2.34. The summed E-state index contributed by atoms with van der Waals surface area (Å²) in [5, 5.41) is 4.20. The van der Waals surface area contributed by atoms with E-state index in [1.165, 1.54) is 37.8 Å². The van der Waals surface area contributed by atoms with Crippen molar-refractivity contribution in [3.8, 4) is 0 Å². The molecule has 1 aromatic rings. The van der Waals surface area contributed by atoms with Crippen LogP contribution in [-0.4, -0.2) is 34.7 Å². The smallest absolute Gasteiger partial charge is 0.229 e. The van der Waals surface area contributed by atoms with Crippen molar-refractivity contribution in [2.45, 2.75) is 51.4 Å². The molecule has 104 valence electrons. The molecule has 1 aliphatic carbocycles. The molecule has 1 aromatic heterocycles.